The highest BCUT2D eigenvalue weighted by Gasteiger charge is 2.55. The van der Waals surface area contributed by atoms with Crippen molar-refractivity contribution < 1.29 is 13.9 Å². The molecule has 2 spiro atoms. The summed E-state index contributed by atoms with van der Waals surface area (Å²) < 4.78 is 20.0. The van der Waals surface area contributed by atoms with E-state index >= 15 is 0 Å². The average molecular weight is 1200 g/mol. The minimum absolute atomic E-state index is 0.194. The molecule has 0 fully saturated rings. The van der Waals surface area contributed by atoms with Crippen molar-refractivity contribution in [1.29, 1.82) is 0 Å². The fraction of sp³-hybridized carbons (Fsp3) is 0.0920. The molecule has 18 rings (SSSR count). The number of ether oxygens (including phenoxy) is 2. The summed E-state index contributed by atoms with van der Waals surface area (Å²) in [5.41, 5.74) is 25.3. The minimum Gasteiger partial charge on any atom is -0.464 e. The summed E-state index contributed by atoms with van der Waals surface area (Å²) in [7, 11) is 0. The van der Waals surface area contributed by atoms with E-state index in [2.05, 4.69) is 276 Å². The van der Waals surface area contributed by atoms with Crippen LogP contribution >= 0.6 is 0 Å². The monoisotopic (exact) mass is 1200 g/mol. The number of para-hydroxylation sites is 2. The van der Waals surface area contributed by atoms with Crippen molar-refractivity contribution in [2.75, 3.05) is 0 Å². The van der Waals surface area contributed by atoms with Crippen LogP contribution in [0.25, 0.3) is 78.6 Å². The number of nitrogens with zero attached hydrogens (tertiary/aromatic N) is 3. The van der Waals surface area contributed by atoms with E-state index < -0.39 is 10.8 Å². The van der Waals surface area contributed by atoms with Crippen LogP contribution in [0.3, 0.4) is 0 Å². The molecule has 93 heavy (non-hydrogen) atoms. The number of pyridine rings is 3. The smallest absolute Gasteiger partial charge is 0.133 e. The van der Waals surface area contributed by atoms with Crippen LogP contribution in [-0.2, 0) is 21.7 Å². The van der Waals surface area contributed by atoms with Crippen molar-refractivity contribution in [2.24, 2.45) is 0 Å². The third-order valence-electron chi connectivity index (χ3n) is 20.6. The molecule has 6 nitrogen and oxygen atoms in total. The van der Waals surface area contributed by atoms with Crippen molar-refractivity contribution in [3.63, 3.8) is 0 Å². The van der Waals surface area contributed by atoms with Crippen molar-refractivity contribution in [2.45, 2.75) is 49.4 Å². The molecule has 0 bridgehead atoms. The Balaban J connectivity index is 0.727. The third kappa shape index (κ3) is 8.04. The zero-order valence-electron chi connectivity index (χ0n) is 51.9. The van der Waals surface area contributed by atoms with Gasteiger partial charge in [-0.15, -0.1) is 0 Å². The Morgan fingerprint density at radius 2 is 0.774 bits per heavy atom. The molecule has 1 unspecified atom stereocenters. The highest BCUT2D eigenvalue weighted by Crippen LogP contribution is 2.65. The molecule has 442 valence electrons. The van der Waals surface area contributed by atoms with Gasteiger partial charge in [-0.2, -0.15) is 0 Å². The second kappa shape index (κ2) is 20.5. The first-order valence-corrected chi connectivity index (χ1v) is 32.0. The number of benzene rings is 10. The number of furan rings is 1. The predicted octanol–water partition coefficient (Wildman–Crippen LogP) is 21.4. The van der Waals surface area contributed by atoms with Gasteiger partial charge < -0.3 is 13.9 Å². The van der Waals surface area contributed by atoms with Gasteiger partial charge in [0.15, 0.2) is 0 Å². The number of hydrogen-bond donors (Lipinski definition) is 0. The maximum absolute atomic E-state index is 7.04. The summed E-state index contributed by atoms with van der Waals surface area (Å²) in [6.07, 6.45) is 5.55. The van der Waals surface area contributed by atoms with E-state index in [-0.39, 0.29) is 10.8 Å². The third-order valence-corrected chi connectivity index (χ3v) is 20.6. The molecule has 10 aromatic carbocycles. The Labute approximate surface area is 541 Å². The van der Waals surface area contributed by atoms with Gasteiger partial charge in [0.2, 0.25) is 0 Å². The summed E-state index contributed by atoms with van der Waals surface area (Å²) >= 11 is 0. The zero-order valence-corrected chi connectivity index (χ0v) is 51.9. The molecular formula is C87H61N3O3. The van der Waals surface area contributed by atoms with Gasteiger partial charge in [0.25, 0.3) is 0 Å². The minimum atomic E-state index is -0.782. The summed E-state index contributed by atoms with van der Waals surface area (Å²) in [5.74, 6) is 4.22. The van der Waals surface area contributed by atoms with Crippen LogP contribution < -0.4 is 9.47 Å². The van der Waals surface area contributed by atoms with Gasteiger partial charge in [-0.1, -0.05) is 228 Å². The van der Waals surface area contributed by atoms with Gasteiger partial charge in [0, 0.05) is 56.6 Å². The zero-order chi connectivity index (χ0) is 62.2. The summed E-state index contributed by atoms with van der Waals surface area (Å²) in [6, 6.07) is 101. The van der Waals surface area contributed by atoms with Gasteiger partial charge >= 0.3 is 0 Å². The normalized spacial score (nSPS) is 16.0. The molecule has 0 saturated heterocycles. The van der Waals surface area contributed by atoms with E-state index in [0.29, 0.717) is 0 Å². The van der Waals surface area contributed by atoms with Crippen LogP contribution in [0.15, 0.2) is 302 Å². The van der Waals surface area contributed by atoms with E-state index in [1.807, 2.05) is 42.7 Å². The highest BCUT2D eigenvalue weighted by molar-refractivity contribution is 5.87. The first kappa shape index (κ1) is 54.5. The Morgan fingerprint density at radius 3 is 1.40 bits per heavy atom. The molecule has 1 atom stereocenters. The number of fused-ring (bicyclic) bond motifs is 16. The average Bonchev–Trinajstić information content (AvgIpc) is 0.781. The van der Waals surface area contributed by atoms with Gasteiger partial charge in [0.1, 0.15) is 28.8 Å². The van der Waals surface area contributed by atoms with Crippen LogP contribution in [0, 0.1) is 0 Å². The lowest BCUT2D eigenvalue weighted by Gasteiger charge is -2.50. The maximum atomic E-state index is 7.04. The van der Waals surface area contributed by atoms with E-state index in [1.54, 1.807) is 6.26 Å². The standard InChI is InChI=1S/C87H61N3O3/c1-84(2)63-23-5-8-26-67(63)86(68-27-9-6-24-64(68)84)70-29-11-13-32-79(70)93-82-52-57(41-44-72(82)86)54-36-38-55(39-37-54)61-50-76(74-31-15-16-46-88-74)90-77(51-61)75-45-42-60(53-89-75)56-40-43-66-73(49-56)87(69-28-10-7-25-65(69)85(66,3)4)71-30-12-14-33-80(71)92-81-34-18-22-62(83(81)87)58-20-17-21-59(48-58)78-35-19-47-91-78/h5-53H,1-4H3. The number of rotatable bonds is 7. The Hall–Kier alpha value is -11.5. The predicted molar refractivity (Wildman–Crippen MR) is 371 cm³/mol. The van der Waals surface area contributed by atoms with E-state index in [9.17, 15) is 0 Å². The second-order valence-corrected chi connectivity index (χ2v) is 26.1. The maximum Gasteiger partial charge on any atom is 0.133 e. The van der Waals surface area contributed by atoms with Gasteiger partial charge in [-0.05, 0) is 162 Å². The van der Waals surface area contributed by atoms with E-state index in [1.165, 1.54) is 44.5 Å². The first-order valence-electron chi connectivity index (χ1n) is 32.0. The fourth-order valence-corrected chi connectivity index (χ4v) is 16.3. The van der Waals surface area contributed by atoms with Crippen molar-refractivity contribution in [1.82, 2.24) is 15.0 Å². The van der Waals surface area contributed by atoms with Crippen LogP contribution in [0.1, 0.15) is 94.5 Å². The lowest BCUT2D eigenvalue weighted by Crippen LogP contribution is -2.43. The molecular weight excluding hydrogens is 1130 g/mol. The van der Waals surface area contributed by atoms with Crippen molar-refractivity contribution >= 4 is 0 Å². The molecule has 14 aromatic rings. The molecule has 4 aliphatic rings. The molecule has 0 N–H and O–H groups in total. The van der Waals surface area contributed by atoms with Crippen molar-refractivity contribution in [3.05, 3.63) is 364 Å². The van der Waals surface area contributed by atoms with Gasteiger partial charge in [0.05, 0.1) is 39.9 Å². The van der Waals surface area contributed by atoms with Crippen LogP contribution in [0.2, 0.25) is 0 Å². The molecule has 2 aliphatic carbocycles. The second-order valence-electron chi connectivity index (χ2n) is 26.1. The SMILES string of the molecule is CC1(C)c2ccccc2C2(c3ccccc3Oc3cc(-c4ccc(-c5cc(-c6ccccn6)nc(-c6ccc(-c7ccc8c(c7)C7(c9ccccc9Oc9cccc(-c%10cccc(-c%11ccco%11)c%10)c97)c7ccccc7C8(C)C)cn6)c5)cc4)ccc32)c2ccccc21. The van der Waals surface area contributed by atoms with Crippen molar-refractivity contribution in [3.8, 4) is 102 Å². The van der Waals surface area contributed by atoms with E-state index in [0.717, 1.165) is 124 Å². The summed E-state index contributed by atoms with van der Waals surface area (Å²) in [5, 5.41) is 0. The topological polar surface area (TPSA) is 70.3 Å². The summed E-state index contributed by atoms with van der Waals surface area (Å²) in [4.78, 5) is 15.4. The van der Waals surface area contributed by atoms with Gasteiger partial charge in [-0.3, -0.25) is 9.97 Å². The molecule has 2 aliphatic heterocycles. The Kier molecular flexibility index (Phi) is 12.0. The fourth-order valence-electron chi connectivity index (χ4n) is 16.3. The molecule has 6 heterocycles. The Bertz CT molecular complexity index is 5290. The van der Waals surface area contributed by atoms with E-state index in [4.69, 9.17) is 28.8 Å². The molecule has 6 heteroatoms. The lowest BCUT2D eigenvalue weighted by molar-refractivity contribution is 0.425. The lowest BCUT2D eigenvalue weighted by atomic mass is 9.52. The van der Waals surface area contributed by atoms with Crippen LogP contribution in [0.4, 0.5) is 0 Å². The summed E-state index contributed by atoms with van der Waals surface area (Å²) in [6.45, 7) is 9.43. The van der Waals surface area contributed by atoms with Crippen LogP contribution in [0.5, 0.6) is 23.0 Å². The largest absolute Gasteiger partial charge is 0.464 e. The molecule has 0 amide bonds. The quantitative estimate of drug-likeness (QED) is 0.158. The number of hydrogen-bond acceptors (Lipinski definition) is 6. The molecule has 4 aromatic heterocycles. The van der Waals surface area contributed by atoms with Gasteiger partial charge in [-0.25, -0.2) is 4.98 Å². The highest BCUT2D eigenvalue weighted by atomic mass is 16.5. The molecule has 0 saturated carbocycles. The first-order chi connectivity index (χ1) is 45.6. The Morgan fingerprint density at radius 1 is 0.280 bits per heavy atom. The van der Waals surface area contributed by atoms with Crippen LogP contribution in [-0.4, -0.2) is 15.0 Å². The molecule has 0 radical (unpaired) electrons. The number of aromatic nitrogens is 3.